The smallest absolute Gasteiger partial charge is 0.351 e. The molecule has 1 aliphatic heterocycles. The average molecular weight is 406 g/mol. The fourth-order valence-corrected chi connectivity index (χ4v) is 2.40. The summed E-state index contributed by atoms with van der Waals surface area (Å²) in [6, 6.07) is 1.06. The van der Waals surface area contributed by atoms with Crippen LogP contribution in [-0.4, -0.2) is 76.6 Å². The molecule has 2 rings (SSSR count). The van der Waals surface area contributed by atoms with Gasteiger partial charge in [0.25, 0.3) is 5.91 Å². The standard InChI is InChI=1S/C15H20F2N4O7/c1-18-4-2-11(24)27-7-10(23)19-9-3-5-21(14(26)20-9)13-15(16,17)12(25)8(6-22)28-13/h3,5,8,12-13,18,22,25H,2,4,6-7H2,1H3,(H,19,20,23,26)/t8-,12-,13-/m1/s1. The van der Waals surface area contributed by atoms with Gasteiger partial charge in [-0.05, 0) is 13.1 Å². The van der Waals surface area contributed by atoms with Crippen LogP contribution in [0.4, 0.5) is 14.6 Å². The summed E-state index contributed by atoms with van der Waals surface area (Å²) in [6.45, 7) is -1.10. The number of carbonyl (C=O) groups excluding carboxylic acids is 2. The summed E-state index contributed by atoms with van der Waals surface area (Å²) >= 11 is 0. The second-order valence-electron chi connectivity index (χ2n) is 5.89. The molecular formula is C15H20F2N4O7. The molecule has 1 aliphatic rings. The molecule has 156 valence electrons. The van der Waals surface area contributed by atoms with Crippen molar-refractivity contribution in [1.29, 1.82) is 0 Å². The zero-order chi connectivity index (χ0) is 20.9. The van der Waals surface area contributed by atoms with Crippen molar-refractivity contribution in [3.05, 3.63) is 22.7 Å². The van der Waals surface area contributed by atoms with E-state index in [1.54, 1.807) is 7.05 Å². The van der Waals surface area contributed by atoms with E-state index in [0.29, 0.717) is 11.1 Å². The predicted octanol–water partition coefficient (Wildman–Crippen LogP) is -1.78. The number of hydrogen-bond acceptors (Lipinski definition) is 9. The third-order valence-corrected chi connectivity index (χ3v) is 3.85. The van der Waals surface area contributed by atoms with Gasteiger partial charge in [0.2, 0.25) is 6.23 Å². The van der Waals surface area contributed by atoms with Gasteiger partial charge in [0.05, 0.1) is 13.0 Å². The number of halogens is 2. The van der Waals surface area contributed by atoms with Gasteiger partial charge in [0.15, 0.2) is 12.7 Å². The maximum atomic E-state index is 14.1. The van der Waals surface area contributed by atoms with E-state index in [2.05, 4.69) is 15.6 Å². The van der Waals surface area contributed by atoms with Crippen LogP contribution in [0.2, 0.25) is 0 Å². The lowest BCUT2D eigenvalue weighted by Gasteiger charge is -2.21. The summed E-state index contributed by atoms with van der Waals surface area (Å²) in [5, 5.41) is 23.4. The Morgan fingerprint density at radius 3 is 2.75 bits per heavy atom. The lowest BCUT2D eigenvalue weighted by Crippen LogP contribution is -2.41. The van der Waals surface area contributed by atoms with E-state index < -0.39 is 55.1 Å². The van der Waals surface area contributed by atoms with Crippen LogP contribution in [0.25, 0.3) is 0 Å². The number of nitrogens with one attached hydrogen (secondary N) is 2. The highest BCUT2D eigenvalue weighted by atomic mass is 19.3. The Balaban J connectivity index is 2.02. The van der Waals surface area contributed by atoms with Gasteiger partial charge >= 0.3 is 17.6 Å². The molecule has 0 spiro atoms. The van der Waals surface area contributed by atoms with Crippen molar-refractivity contribution in [2.24, 2.45) is 0 Å². The summed E-state index contributed by atoms with van der Waals surface area (Å²) in [7, 11) is 1.64. The molecule has 0 radical (unpaired) electrons. The number of alkyl halides is 2. The van der Waals surface area contributed by atoms with Crippen LogP contribution in [0.3, 0.4) is 0 Å². The number of esters is 1. The molecule has 0 aromatic carbocycles. The van der Waals surface area contributed by atoms with Gasteiger partial charge in [-0.25, -0.2) is 4.79 Å². The third kappa shape index (κ3) is 4.86. The van der Waals surface area contributed by atoms with Crippen molar-refractivity contribution in [3.8, 4) is 0 Å². The van der Waals surface area contributed by atoms with Gasteiger partial charge in [-0.3, -0.25) is 14.2 Å². The van der Waals surface area contributed by atoms with Crippen LogP contribution >= 0.6 is 0 Å². The maximum Gasteiger partial charge on any atom is 0.351 e. The SMILES string of the molecule is CNCCC(=O)OCC(=O)Nc1ccn([C@@H]2O[C@H](CO)[C@@H](O)C2(F)F)c(=O)n1. The highest BCUT2D eigenvalue weighted by Gasteiger charge is 2.59. The van der Waals surface area contributed by atoms with Crippen molar-refractivity contribution in [1.82, 2.24) is 14.9 Å². The molecule has 1 amide bonds. The number of amides is 1. The Kier molecular flexibility index (Phi) is 7.12. The molecule has 1 saturated heterocycles. The van der Waals surface area contributed by atoms with E-state index in [1.807, 2.05) is 0 Å². The normalized spacial score (nSPS) is 23.4. The number of aromatic nitrogens is 2. The van der Waals surface area contributed by atoms with E-state index >= 15 is 0 Å². The molecule has 0 aliphatic carbocycles. The van der Waals surface area contributed by atoms with Crippen LogP contribution in [0.15, 0.2) is 17.1 Å². The summed E-state index contributed by atoms with van der Waals surface area (Å²) in [6.07, 6.45) is -5.07. The topological polar surface area (TPSA) is 152 Å². The molecule has 0 bridgehead atoms. The minimum absolute atomic E-state index is 0.0638. The van der Waals surface area contributed by atoms with E-state index in [0.717, 1.165) is 12.3 Å². The number of ether oxygens (including phenoxy) is 2. The minimum Gasteiger partial charge on any atom is -0.456 e. The third-order valence-electron chi connectivity index (χ3n) is 3.85. The van der Waals surface area contributed by atoms with Crippen LogP contribution < -0.4 is 16.3 Å². The molecule has 11 nitrogen and oxygen atoms in total. The van der Waals surface area contributed by atoms with Crippen molar-refractivity contribution < 1.29 is 38.1 Å². The summed E-state index contributed by atoms with van der Waals surface area (Å²) in [5.41, 5.74) is -1.18. The first-order valence-electron chi connectivity index (χ1n) is 8.22. The number of hydrogen-bond donors (Lipinski definition) is 4. The minimum atomic E-state index is -3.84. The van der Waals surface area contributed by atoms with E-state index in [-0.39, 0.29) is 12.2 Å². The van der Waals surface area contributed by atoms with Crippen LogP contribution in [-0.2, 0) is 19.1 Å². The number of carbonyl (C=O) groups is 2. The predicted molar refractivity (Wildman–Crippen MR) is 88.6 cm³/mol. The number of rotatable bonds is 8. The van der Waals surface area contributed by atoms with Gasteiger partial charge in [0, 0.05) is 12.7 Å². The Morgan fingerprint density at radius 2 is 2.18 bits per heavy atom. The molecule has 13 heteroatoms. The first kappa shape index (κ1) is 21.8. The second kappa shape index (κ2) is 9.14. The van der Waals surface area contributed by atoms with E-state index in [1.165, 1.54) is 0 Å². The molecule has 28 heavy (non-hydrogen) atoms. The van der Waals surface area contributed by atoms with Crippen LogP contribution in [0.1, 0.15) is 12.6 Å². The molecule has 1 aromatic rings. The molecule has 0 saturated carbocycles. The van der Waals surface area contributed by atoms with Gasteiger partial charge in [0.1, 0.15) is 11.9 Å². The lowest BCUT2D eigenvalue weighted by atomic mass is 10.1. The van der Waals surface area contributed by atoms with Gasteiger partial charge in [-0.2, -0.15) is 13.8 Å². The fraction of sp³-hybridized carbons (Fsp3) is 0.600. The van der Waals surface area contributed by atoms with Crippen LogP contribution in [0.5, 0.6) is 0 Å². The first-order chi connectivity index (χ1) is 13.2. The first-order valence-corrected chi connectivity index (χ1v) is 8.22. The molecular weight excluding hydrogens is 386 g/mol. The Bertz CT molecular complexity index is 773. The highest BCUT2D eigenvalue weighted by Crippen LogP contribution is 2.41. The van der Waals surface area contributed by atoms with E-state index in [9.17, 15) is 28.3 Å². The van der Waals surface area contributed by atoms with Crippen molar-refractivity contribution in [3.63, 3.8) is 0 Å². The average Bonchev–Trinajstić information content (AvgIpc) is 2.88. The highest BCUT2D eigenvalue weighted by molar-refractivity contribution is 5.91. The quantitative estimate of drug-likeness (QED) is 0.367. The Morgan fingerprint density at radius 1 is 1.46 bits per heavy atom. The van der Waals surface area contributed by atoms with Gasteiger partial charge in [-0.15, -0.1) is 0 Å². The molecule has 0 unspecified atom stereocenters. The van der Waals surface area contributed by atoms with Gasteiger partial charge in [-0.1, -0.05) is 0 Å². The number of anilines is 1. The van der Waals surface area contributed by atoms with Crippen LogP contribution in [0, 0.1) is 0 Å². The second-order valence-corrected chi connectivity index (χ2v) is 5.89. The summed E-state index contributed by atoms with van der Waals surface area (Å²) in [5.74, 6) is -5.48. The molecule has 3 atom stereocenters. The molecule has 2 heterocycles. The van der Waals surface area contributed by atoms with Crippen molar-refractivity contribution in [2.75, 3.05) is 32.1 Å². The maximum absolute atomic E-state index is 14.1. The zero-order valence-electron chi connectivity index (χ0n) is 14.8. The van der Waals surface area contributed by atoms with Crippen molar-refractivity contribution in [2.45, 2.75) is 30.8 Å². The Hall–Kier alpha value is -2.48. The number of nitrogens with zero attached hydrogens (tertiary/aromatic N) is 2. The zero-order valence-corrected chi connectivity index (χ0v) is 14.8. The van der Waals surface area contributed by atoms with E-state index in [4.69, 9.17) is 14.6 Å². The number of aliphatic hydroxyl groups is 2. The molecule has 1 aromatic heterocycles. The molecule has 4 N–H and O–H groups in total. The summed E-state index contributed by atoms with van der Waals surface area (Å²) < 4.78 is 38.2. The molecule has 1 fully saturated rings. The Labute approximate surface area is 157 Å². The summed E-state index contributed by atoms with van der Waals surface area (Å²) in [4.78, 5) is 38.5. The van der Waals surface area contributed by atoms with Crippen molar-refractivity contribution >= 4 is 17.7 Å². The fourth-order valence-electron chi connectivity index (χ4n) is 2.40. The monoisotopic (exact) mass is 406 g/mol. The van der Waals surface area contributed by atoms with Gasteiger partial charge < -0.3 is 30.3 Å². The largest absolute Gasteiger partial charge is 0.456 e. The number of aliphatic hydroxyl groups excluding tert-OH is 2. The lowest BCUT2D eigenvalue weighted by molar-refractivity contribution is -0.147.